The molecule has 0 aliphatic heterocycles. The highest BCUT2D eigenvalue weighted by atomic mass is 79.9. The van der Waals surface area contributed by atoms with Gasteiger partial charge in [0, 0.05) is 23.1 Å². The minimum Gasteiger partial charge on any atom is -0.457 e. The number of hydrogen-bond acceptors (Lipinski definition) is 4. The minimum atomic E-state index is -0.832. The zero-order valence-corrected chi connectivity index (χ0v) is 18.3. The van der Waals surface area contributed by atoms with Gasteiger partial charge in [0.05, 0.1) is 6.61 Å². The molecule has 0 fully saturated rings. The average molecular weight is 456 g/mol. The second-order valence-electron chi connectivity index (χ2n) is 7.16. The molecule has 1 atom stereocenters. The highest BCUT2D eigenvalue weighted by molar-refractivity contribution is 9.10. The van der Waals surface area contributed by atoms with E-state index in [9.17, 15) is 10.2 Å². The monoisotopic (exact) mass is 455 g/mol. The van der Waals surface area contributed by atoms with E-state index in [2.05, 4.69) is 15.9 Å². The molecule has 0 spiro atoms. The maximum atomic E-state index is 11.3. The number of benzene rings is 3. The van der Waals surface area contributed by atoms with Gasteiger partial charge < -0.3 is 14.9 Å². The van der Waals surface area contributed by atoms with Crippen molar-refractivity contribution < 1.29 is 14.9 Å². The molecule has 4 nitrogen and oxygen atoms in total. The molecule has 0 radical (unpaired) electrons. The van der Waals surface area contributed by atoms with Crippen LogP contribution < -0.4 is 4.74 Å². The van der Waals surface area contributed by atoms with Gasteiger partial charge >= 0.3 is 0 Å². The summed E-state index contributed by atoms with van der Waals surface area (Å²) in [6.07, 6.45) is -0.832. The Morgan fingerprint density at radius 2 is 1.79 bits per heavy atom. The van der Waals surface area contributed by atoms with E-state index in [1.807, 2.05) is 85.6 Å². The minimum absolute atomic E-state index is 0.0928. The Labute approximate surface area is 180 Å². The SMILES string of the molecule is Cc1cccc(Oc2ccccc2C(O)c2ccc(Br)cc2CN(C)CCO)c1. The van der Waals surface area contributed by atoms with E-state index < -0.39 is 6.10 Å². The van der Waals surface area contributed by atoms with Crippen molar-refractivity contribution in [1.29, 1.82) is 0 Å². The summed E-state index contributed by atoms with van der Waals surface area (Å²) in [6, 6.07) is 21.3. The molecule has 0 bridgehead atoms. The van der Waals surface area contributed by atoms with Crippen molar-refractivity contribution in [1.82, 2.24) is 4.90 Å². The standard InChI is InChI=1S/C24H26BrNO3/c1-17-6-5-7-20(14-17)29-23-9-4-3-8-22(23)24(28)21-11-10-19(25)15-18(21)16-26(2)12-13-27/h3-11,14-15,24,27-28H,12-13,16H2,1-2H3. The lowest BCUT2D eigenvalue weighted by molar-refractivity contribution is 0.205. The normalized spacial score (nSPS) is 12.2. The van der Waals surface area contributed by atoms with Crippen LogP contribution in [0.3, 0.4) is 0 Å². The van der Waals surface area contributed by atoms with Crippen LogP contribution in [-0.2, 0) is 6.54 Å². The fourth-order valence-electron chi connectivity index (χ4n) is 3.29. The maximum Gasteiger partial charge on any atom is 0.133 e. The molecule has 3 rings (SSSR count). The van der Waals surface area contributed by atoms with E-state index in [4.69, 9.17) is 4.74 Å². The second kappa shape index (κ2) is 10.0. The number of likely N-dealkylation sites (N-methyl/N-ethyl adjacent to an activating group) is 1. The molecule has 3 aromatic carbocycles. The van der Waals surface area contributed by atoms with Gasteiger partial charge in [-0.15, -0.1) is 0 Å². The summed E-state index contributed by atoms with van der Waals surface area (Å²) in [5.74, 6) is 1.37. The molecule has 3 aromatic rings. The van der Waals surface area contributed by atoms with Gasteiger partial charge in [-0.2, -0.15) is 0 Å². The highest BCUT2D eigenvalue weighted by Gasteiger charge is 2.20. The number of hydrogen-bond donors (Lipinski definition) is 2. The van der Waals surface area contributed by atoms with Crippen LogP contribution in [0.2, 0.25) is 0 Å². The molecule has 2 N–H and O–H groups in total. The van der Waals surface area contributed by atoms with Gasteiger partial charge in [-0.1, -0.05) is 52.3 Å². The van der Waals surface area contributed by atoms with Crippen LogP contribution in [0.25, 0.3) is 0 Å². The molecule has 0 amide bonds. The van der Waals surface area contributed by atoms with Crippen molar-refractivity contribution >= 4 is 15.9 Å². The predicted octanol–water partition coefficient (Wildman–Crippen LogP) is 5.06. The largest absolute Gasteiger partial charge is 0.457 e. The van der Waals surface area contributed by atoms with Crippen molar-refractivity contribution in [2.75, 3.05) is 20.2 Å². The third-order valence-electron chi connectivity index (χ3n) is 4.75. The third-order valence-corrected chi connectivity index (χ3v) is 5.25. The zero-order chi connectivity index (χ0) is 20.8. The van der Waals surface area contributed by atoms with Gasteiger partial charge in [0.15, 0.2) is 0 Å². The Hall–Kier alpha value is -2.18. The van der Waals surface area contributed by atoms with Gasteiger partial charge in [0.1, 0.15) is 17.6 Å². The average Bonchev–Trinajstić information content (AvgIpc) is 2.68. The maximum absolute atomic E-state index is 11.3. The smallest absolute Gasteiger partial charge is 0.133 e. The first-order chi connectivity index (χ1) is 14.0. The molecular formula is C24H26BrNO3. The number of ether oxygens (including phenoxy) is 1. The lowest BCUT2D eigenvalue weighted by Crippen LogP contribution is -2.22. The number of para-hydroxylation sites is 1. The first kappa shape index (κ1) is 21.5. The lowest BCUT2D eigenvalue weighted by atomic mass is 9.96. The van der Waals surface area contributed by atoms with E-state index >= 15 is 0 Å². The first-order valence-corrected chi connectivity index (χ1v) is 10.4. The first-order valence-electron chi connectivity index (χ1n) is 9.57. The molecule has 0 saturated heterocycles. The molecule has 5 heteroatoms. The number of rotatable bonds is 8. The van der Waals surface area contributed by atoms with Gasteiger partial charge in [0.25, 0.3) is 0 Å². The van der Waals surface area contributed by atoms with E-state index in [0.717, 1.165) is 26.9 Å². The Kier molecular flexibility index (Phi) is 7.45. The fraction of sp³-hybridized carbons (Fsp3) is 0.250. The summed E-state index contributed by atoms with van der Waals surface area (Å²) in [5, 5.41) is 20.5. The molecule has 0 aliphatic carbocycles. The number of nitrogens with zero attached hydrogens (tertiary/aromatic N) is 1. The van der Waals surface area contributed by atoms with Crippen LogP contribution in [0.15, 0.2) is 71.2 Å². The van der Waals surface area contributed by atoms with Crippen molar-refractivity contribution in [2.24, 2.45) is 0 Å². The summed E-state index contributed by atoms with van der Waals surface area (Å²) in [5.41, 5.74) is 3.64. The molecular weight excluding hydrogens is 430 g/mol. The Morgan fingerprint density at radius 1 is 1.00 bits per heavy atom. The van der Waals surface area contributed by atoms with Gasteiger partial charge in [0.2, 0.25) is 0 Å². The molecule has 0 heterocycles. The quantitative estimate of drug-likeness (QED) is 0.498. The van der Waals surface area contributed by atoms with Crippen molar-refractivity contribution in [3.8, 4) is 11.5 Å². The summed E-state index contributed by atoms with van der Waals surface area (Å²) in [6.45, 7) is 3.29. The molecule has 0 aromatic heterocycles. The van der Waals surface area contributed by atoms with Gasteiger partial charge in [-0.05, 0) is 61.0 Å². The van der Waals surface area contributed by atoms with Crippen molar-refractivity contribution in [3.63, 3.8) is 0 Å². The number of aliphatic hydroxyl groups is 2. The van der Waals surface area contributed by atoms with E-state index in [-0.39, 0.29) is 6.61 Å². The van der Waals surface area contributed by atoms with Crippen molar-refractivity contribution in [3.05, 3.63) is 93.5 Å². The van der Waals surface area contributed by atoms with Gasteiger partial charge in [-0.25, -0.2) is 0 Å². The molecule has 1 unspecified atom stereocenters. The highest BCUT2D eigenvalue weighted by Crippen LogP contribution is 2.35. The number of aliphatic hydroxyl groups excluding tert-OH is 2. The Balaban J connectivity index is 1.94. The van der Waals surface area contributed by atoms with Crippen LogP contribution in [-0.4, -0.2) is 35.3 Å². The Morgan fingerprint density at radius 3 is 2.55 bits per heavy atom. The van der Waals surface area contributed by atoms with E-state index in [0.29, 0.717) is 24.4 Å². The molecule has 0 aliphatic rings. The molecule has 0 saturated carbocycles. The van der Waals surface area contributed by atoms with Crippen LogP contribution in [0.1, 0.15) is 28.4 Å². The van der Waals surface area contributed by atoms with E-state index in [1.54, 1.807) is 0 Å². The fourth-order valence-corrected chi connectivity index (χ4v) is 3.70. The molecule has 152 valence electrons. The lowest BCUT2D eigenvalue weighted by Gasteiger charge is -2.22. The topological polar surface area (TPSA) is 52.9 Å². The summed E-state index contributed by atoms with van der Waals surface area (Å²) in [4.78, 5) is 2.02. The zero-order valence-electron chi connectivity index (χ0n) is 16.7. The summed E-state index contributed by atoms with van der Waals surface area (Å²) < 4.78 is 7.05. The summed E-state index contributed by atoms with van der Waals surface area (Å²) in [7, 11) is 1.95. The van der Waals surface area contributed by atoms with Crippen LogP contribution >= 0.6 is 15.9 Å². The number of halogens is 1. The molecule has 29 heavy (non-hydrogen) atoms. The van der Waals surface area contributed by atoms with Crippen LogP contribution in [0.5, 0.6) is 11.5 Å². The Bertz CT molecular complexity index is 960. The van der Waals surface area contributed by atoms with Crippen molar-refractivity contribution in [2.45, 2.75) is 19.6 Å². The van der Waals surface area contributed by atoms with Gasteiger partial charge in [-0.3, -0.25) is 4.90 Å². The summed E-state index contributed by atoms with van der Waals surface area (Å²) >= 11 is 3.52. The van der Waals surface area contributed by atoms with Crippen LogP contribution in [0, 0.1) is 6.92 Å². The van der Waals surface area contributed by atoms with Crippen LogP contribution in [0.4, 0.5) is 0 Å². The van der Waals surface area contributed by atoms with E-state index in [1.165, 1.54) is 0 Å². The third kappa shape index (κ3) is 5.67. The predicted molar refractivity (Wildman–Crippen MR) is 119 cm³/mol. The number of aryl methyl sites for hydroxylation is 1. The second-order valence-corrected chi connectivity index (χ2v) is 8.08.